The second kappa shape index (κ2) is 5.17. The Morgan fingerprint density at radius 2 is 2.12 bits per heavy atom. The van der Waals surface area contributed by atoms with Gasteiger partial charge in [0.2, 0.25) is 5.91 Å². The van der Waals surface area contributed by atoms with Gasteiger partial charge in [-0.1, -0.05) is 26.7 Å². The lowest BCUT2D eigenvalue weighted by atomic mass is 10.1. The fourth-order valence-corrected chi connectivity index (χ4v) is 2.75. The molecule has 0 aromatic rings. The molecule has 1 aliphatic carbocycles. The second-order valence-corrected chi connectivity index (χ2v) is 5.17. The molecule has 16 heavy (non-hydrogen) atoms. The van der Waals surface area contributed by atoms with Crippen molar-refractivity contribution in [1.82, 2.24) is 10.2 Å². The highest BCUT2D eigenvalue weighted by atomic mass is 16.2. The molecule has 0 radical (unpaired) electrons. The smallest absolute Gasteiger partial charge is 0.240 e. The number of nitrogens with one attached hydrogen (secondary N) is 1. The number of nitrogens with zero attached hydrogens (tertiary/aromatic N) is 1. The third kappa shape index (κ3) is 2.57. The highest BCUT2D eigenvalue weighted by Gasteiger charge is 2.36. The Morgan fingerprint density at radius 1 is 1.38 bits per heavy atom. The number of likely N-dealkylation sites (N-methyl/N-ethyl adjacent to an activating group) is 1. The van der Waals surface area contributed by atoms with Gasteiger partial charge >= 0.3 is 0 Å². The summed E-state index contributed by atoms with van der Waals surface area (Å²) in [6.07, 6.45) is 6.11. The van der Waals surface area contributed by atoms with E-state index in [0.29, 0.717) is 11.9 Å². The van der Waals surface area contributed by atoms with Gasteiger partial charge in [0.05, 0.1) is 6.04 Å². The van der Waals surface area contributed by atoms with E-state index < -0.39 is 0 Å². The van der Waals surface area contributed by atoms with Crippen LogP contribution in [-0.2, 0) is 4.79 Å². The lowest BCUT2D eigenvalue weighted by Crippen LogP contribution is -2.42. The Hall–Kier alpha value is -0.570. The van der Waals surface area contributed by atoms with Crippen molar-refractivity contribution in [1.29, 1.82) is 0 Å². The molecule has 2 rings (SSSR count). The fourth-order valence-electron chi connectivity index (χ4n) is 2.75. The van der Waals surface area contributed by atoms with Crippen LogP contribution in [0.4, 0.5) is 0 Å². The van der Waals surface area contributed by atoms with Crippen LogP contribution in [0.15, 0.2) is 0 Å². The molecule has 3 nitrogen and oxygen atoms in total. The predicted octanol–water partition coefficient (Wildman–Crippen LogP) is 1.78. The Labute approximate surface area is 98.6 Å². The Bertz CT molecular complexity index is 250. The van der Waals surface area contributed by atoms with Crippen molar-refractivity contribution in [2.24, 2.45) is 5.92 Å². The van der Waals surface area contributed by atoms with Crippen LogP contribution in [0.1, 0.15) is 46.0 Å². The third-order valence-corrected chi connectivity index (χ3v) is 3.90. The van der Waals surface area contributed by atoms with Crippen LogP contribution in [0.25, 0.3) is 0 Å². The minimum absolute atomic E-state index is 0.0956. The zero-order valence-electron chi connectivity index (χ0n) is 10.5. The van der Waals surface area contributed by atoms with Crippen LogP contribution in [0.2, 0.25) is 0 Å². The number of hydrogen-bond acceptors (Lipinski definition) is 2. The molecule has 0 spiro atoms. The summed E-state index contributed by atoms with van der Waals surface area (Å²) < 4.78 is 0. The van der Waals surface area contributed by atoms with Crippen molar-refractivity contribution in [3.63, 3.8) is 0 Å². The average molecular weight is 224 g/mol. The number of amides is 1. The molecule has 1 saturated heterocycles. The summed E-state index contributed by atoms with van der Waals surface area (Å²) in [6, 6.07) is 0.599. The van der Waals surface area contributed by atoms with E-state index in [4.69, 9.17) is 0 Å². The molecule has 3 heteroatoms. The summed E-state index contributed by atoms with van der Waals surface area (Å²) in [7, 11) is 0. The van der Waals surface area contributed by atoms with Crippen molar-refractivity contribution in [2.45, 2.75) is 58.0 Å². The number of likely N-dealkylation sites (tertiary alicyclic amines) is 1. The Balaban J connectivity index is 1.89. The summed E-state index contributed by atoms with van der Waals surface area (Å²) in [5.74, 6) is 1.25. The molecule has 0 aromatic heterocycles. The van der Waals surface area contributed by atoms with Gasteiger partial charge < -0.3 is 10.2 Å². The van der Waals surface area contributed by atoms with Crippen LogP contribution in [-0.4, -0.2) is 36.0 Å². The van der Waals surface area contributed by atoms with Crippen LogP contribution in [0.5, 0.6) is 0 Å². The maximum atomic E-state index is 12.2. The summed E-state index contributed by atoms with van der Waals surface area (Å²) >= 11 is 0. The van der Waals surface area contributed by atoms with E-state index in [-0.39, 0.29) is 6.04 Å². The molecule has 1 amide bonds. The van der Waals surface area contributed by atoms with Crippen molar-refractivity contribution < 1.29 is 4.79 Å². The Morgan fingerprint density at radius 3 is 2.69 bits per heavy atom. The van der Waals surface area contributed by atoms with Gasteiger partial charge in [-0.25, -0.2) is 0 Å². The second-order valence-electron chi connectivity index (χ2n) is 5.17. The van der Waals surface area contributed by atoms with E-state index >= 15 is 0 Å². The highest BCUT2D eigenvalue weighted by molar-refractivity contribution is 5.84. The SMILES string of the molecule is CCNC1CCN(C(CC)CC2CC2)C1=O. The zero-order chi connectivity index (χ0) is 11.5. The third-order valence-electron chi connectivity index (χ3n) is 3.90. The quantitative estimate of drug-likeness (QED) is 0.746. The van der Waals surface area contributed by atoms with Gasteiger partial charge in [0.15, 0.2) is 0 Å². The first-order valence-corrected chi connectivity index (χ1v) is 6.80. The molecule has 2 atom stereocenters. The van der Waals surface area contributed by atoms with Crippen molar-refractivity contribution in [3.8, 4) is 0 Å². The Kier molecular flexibility index (Phi) is 3.85. The molecule has 2 aliphatic rings. The molecular formula is C13H24N2O. The first-order chi connectivity index (χ1) is 7.76. The topological polar surface area (TPSA) is 32.3 Å². The van der Waals surface area contributed by atoms with Crippen LogP contribution in [0, 0.1) is 5.92 Å². The summed E-state index contributed by atoms with van der Waals surface area (Å²) in [6.45, 7) is 6.13. The van der Waals surface area contributed by atoms with E-state index in [1.165, 1.54) is 19.3 Å². The largest absolute Gasteiger partial charge is 0.338 e. The highest BCUT2D eigenvalue weighted by Crippen LogP contribution is 2.36. The molecule has 0 bridgehead atoms. The monoisotopic (exact) mass is 224 g/mol. The van der Waals surface area contributed by atoms with Crippen molar-refractivity contribution in [2.75, 3.05) is 13.1 Å². The van der Waals surface area contributed by atoms with Crippen LogP contribution in [0.3, 0.4) is 0 Å². The minimum atomic E-state index is 0.0956. The van der Waals surface area contributed by atoms with Gasteiger partial charge in [0.25, 0.3) is 0 Å². The number of carbonyl (C=O) groups excluding carboxylic acids is 1. The van der Waals surface area contributed by atoms with Crippen molar-refractivity contribution in [3.05, 3.63) is 0 Å². The standard InChI is InChI=1S/C13H24N2O/c1-3-11(9-10-5-6-10)15-8-7-12(13(15)16)14-4-2/h10-12,14H,3-9H2,1-2H3. The first kappa shape index (κ1) is 11.9. The number of hydrogen-bond donors (Lipinski definition) is 1. The fraction of sp³-hybridized carbons (Fsp3) is 0.923. The molecule has 1 aliphatic heterocycles. The molecule has 1 N–H and O–H groups in total. The van der Waals surface area contributed by atoms with Gasteiger partial charge in [-0.3, -0.25) is 4.79 Å². The van der Waals surface area contributed by atoms with E-state index in [1.807, 2.05) is 0 Å². The lowest BCUT2D eigenvalue weighted by Gasteiger charge is -2.27. The van der Waals surface area contributed by atoms with Gasteiger partial charge in [0, 0.05) is 12.6 Å². The van der Waals surface area contributed by atoms with Gasteiger partial charge in [0.1, 0.15) is 0 Å². The van der Waals surface area contributed by atoms with Crippen LogP contribution < -0.4 is 5.32 Å². The number of rotatable bonds is 6. The van der Waals surface area contributed by atoms with E-state index in [2.05, 4.69) is 24.1 Å². The minimum Gasteiger partial charge on any atom is -0.338 e. The zero-order valence-corrected chi connectivity index (χ0v) is 10.5. The van der Waals surface area contributed by atoms with E-state index in [0.717, 1.165) is 31.8 Å². The molecule has 2 unspecified atom stereocenters. The maximum absolute atomic E-state index is 12.2. The van der Waals surface area contributed by atoms with Crippen molar-refractivity contribution >= 4 is 5.91 Å². The van der Waals surface area contributed by atoms with Gasteiger partial charge in [-0.15, -0.1) is 0 Å². The van der Waals surface area contributed by atoms with Crippen LogP contribution >= 0.6 is 0 Å². The summed E-state index contributed by atoms with van der Waals surface area (Å²) in [5.41, 5.74) is 0. The molecule has 92 valence electrons. The normalized spacial score (nSPS) is 27.5. The molecule has 1 heterocycles. The predicted molar refractivity (Wildman–Crippen MR) is 65.2 cm³/mol. The molecule has 2 fully saturated rings. The van der Waals surface area contributed by atoms with E-state index in [1.54, 1.807) is 0 Å². The maximum Gasteiger partial charge on any atom is 0.240 e. The van der Waals surface area contributed by atoms with E-state index in [9.17, 15) is 4.79 Å². The summed E-state index contributed by atoms with van der Waals surface area (Å²) in [4.78, 5) is 14.3. The molecular weight excluding hydrogens is 200 g/mol. The lowest BCUT2D eigenvalue weighted by molar-refractivity contribution is -0.131. The van der Waals surface area contributed by atoms with Gasteiger partial charge in [-0.05, 0) is 31.7 Å². The first-order valence-electron chi connectivity index (χ1n) is 6.80. The van der Waals surface area contributed by atoms with Gasteiger partial charge in [-0.2, -0.15) is 0 Å². The molecule has 1 saturated carbocycles. The summed E-state index contributed by atoms with van der Waals surface area (Å²) in [5, 5.41) is 3.28. The average Bonchev–Trinajstić information content (AvgIpc) is 3.03. The number of carbonyl (C=O) groups is 1. The molecule has 0 aromatic carbocycles.